The Morgan fingerprint density at radius 2 is 1.96 bits per heavy atom. The van der Waals surface area contributed by atoms with Crippen LogP contribution in [0.3, 0.4) is 0 Å². The SMILES string of the molecule is CCNC(=NCc1c(C)nn(C)c1C)NCCCCNc1ccccn1. The van der Waals surface area contributed by atoms with Crippen molar-refractivity contribution in [2.45, 2.75) is 40.2 Å². The Hall–Kier alpha value is -2.57. The van der Waals surface area contributed by atoms with Gasteiger partial charge in [0.05, 0.1) is 12.2 Å². The first-order chi connectivity index (χ1) is 12.6. The van der Waals surface area contributed by atoms with Gasteiger partial charge in [0.25, 0.3) is 0 Å². The second-order valence-electron chi connectivity index (χ2n) is 6.24. The lowest BCUT2D eigenvalue weighted by Crippen LogP contribution is -2.37. The maximum atomic E-state index is 4.70. The maximum absolute atomic E-state index is 4.70. The molecule has 0 bridgehead atoms. The van der Waals surface area contributed by atoms with Crippen molar-refractivity contribution in [2.75, 3.05) is 25.0 Å². The summed E-state index contributed by atoms with van der Waals surface area (Å²) in [6, 6.07) is 5.89. The van der Waals surface area contributed by atoms with Crippen molar-refractivity contribution >= 4 is 11.8 Å². The van der Waals surface area contributed by atoms with Crippen LogP contribution in [0.15, 0.2) is 29.4 Å². The quantitative estimate of drug-likeness (QED) is 0.365. The Bertz CT molecular complexity index is 691. The summed E-state index contributed by atoms with van der Waals surface area (Å²) in [7, 11) is 1.97. The minimum atomic E-state index is 0.641. The van der Waals surface area contributed by atoms with Gasteiger partial charge in [-0.3, -0.25) is 4.68 Å². The Balaban J connectivity index is 1.73. The van der Waals surface area contributed by atoms with Crippen LogP contribution in [0.2, 0.25) is 0 Å². The molecule has 0 fully saturated rings. The summed E-state index contributed by atoms with van der Waals surface area (Å²) in [5.41, 5.74) is 3.41. The Morgan fingerprint density at radius 1 is 1.15 bits per heavy atom. The van der Waals surface area contributed by atoms with Gasteiger partial charge in [-0.25, -0.2) is 9.98 Å². The topological polar surface area (TPSA) is 79.2 Å². The molecule has 0 aliphatic carbocycles. The number of anilines is 1. The van der Waals surface area contributed by atoms with E-state index in [0.717, 1.165) is 49.9 Å². The smallest absolute Gasteiger partial charge is 0.191 e. The third-order valence-corrected chi connectivity index (χ3v) is 4.27. The number of nitrogens with zero attached hydrogens (tertiary/aromatic N) is 4. The molecule has 0 amide bonds. The molecule has 3 N–H and O–H groups in total. The van der Waals surface area contributed by atoms with Gasteiger partial charge in [0.1, 0.15) is 5.82 Å². The molecule has 0 aliphatic heterocycles. The zero-order valence-electron chi connectivity index (χ0n) is 16.3. The number of aliphatic imine (C=N–C) groups is 1. The van der Waals surface area contributed by atoms with Crippen LogP contribution < -0.4 is 16.0 Å². The standard InChI is InChI=1S/C19H31N7/c1-5-20-19(24-14-17-15(2)25-26(4)16(17)3)23-13-9-8-12-22-18-10-6-7-11-21-18/h6-7,10-11H,5,8-9,12-14H2,1-4H3,(H,21,22)(H2,20,23,24). The van der Waals surface area contributed by atoms with Crippen LogP contribution >= 0.6 is 0 Å². The third kappa shape index (κ3) is 6.06. The van der Waals surface area contributed by atoms with Crippen LogP contribution in [-0.2, 0) is 13.6 Å². The lowest BCUT2D eigenvalue weighted by atomic mass is 10.2. The lowest BCUT2D eigenvalue weighted by molar-refractivity contribution is 0.711. The molecule has 2 rings (SSSR count). The van der Waals surface area contributed by atoms with Gasteiger partial charge in [0, 0.05) is 44.1 Å². The van der Waals surface area contributed by atoms with Crippen molar-refractivity contribution in [3.8, 4) is 0 Å². The van der Waals surface area contributed by atoms with Crippen molar-refractivity contribution in [3.63, 3.8) is 0 Å². The Labute approximate surface area is 156 Å². The van der Waals surface area contributed by atoms with E-state index in [4.69, 9.17) is 4.99 Å². The molecular weight excluding hydrogens is 326 g/mol. The number of unbranched alkanes of at least 4 members (excludes halogenated alkanes) is 1. The summed E-state index contributed by atoms with van der Waals surface area (Å²) < 4.78 is 1.91. The molecule has 2 heterocycles. The zero-order chi connectivity index (χ0) is 18.8. The molecule has 0 spiro atoms. The van der Waals surface area contributed by atoms with Gasteiger partial charge < -0.3 is 16.0 Å². The number of aryl methyl sites for hydroxylation is 2. The first-order valence-corrected chi connectivity index (χ1v) is 9.28. The molecule has 0 saturated carbocycles. The van der Waals surface area contributed by atoms with E-state index in [0.29, 0.717) is 6.54 Å². The molecule has 0 unspecified atom stereocenters. The molecule has 7 heteroatoms. The molecule has 2 aromatic rings. The van der Waals surface area contributed by atoms with E-state index >= 15 is 0 Å². The van der Waals surface area contributed by atoms with Crippen LogP contribution in [0.5, 0.6) is 0 Å². The molecule has 0 aromatic carbocycles. The summed E-state index contributed by atoms with van der Waals surface area (Å²) in [5, 5.41) is 14.5. The second kappa shape index (κ2) is 10.4. The highest BCUT2D eigenvalue weighted by molar-refractivity contribution is 5.79. The second-order valence-corrected chi connectivity index (χ2v) is 6.24. The van der Waals surface area contributed by atoms with Gasteiger partial charge in [-0.15, -0.1) is 0 Å². The number of hydrogen-bond donors (Lipinski definition) is 3. The Morgan fingerprint density at radius 3 is 2.62 bits per heavy atom. The minimum Gasteiger partial charge on any atom is -0.370 e. The number of guanidine groups is 1. The van der Waals surface area contributed by atoms with Gasteiger partial charge >= 0.3 is 0 Å². The number of rotatable bonds is 9. The first kappa shape index (κ1) is 19.8. The largest absolute Gasteiger partial charge is 0.370 e. The molecule has 142 valence electrons. The van der Waals surface area contributed by atoms with E-state index < -0.39 is 0 Å². The van der Waals surface area contributed by atoms with E-state index in [1.54, 1.807) is 6.20 Å². The van der Waals surface area contributed by atoms with E-state index in [1.165, 1.54) is 11.3 Å². The van der Waals surface area contributed by atoms with Crippen LogP contribution in [0.25, 0.3) is 0 Å². The maximum Gasteiger partial charge on any atom is 0.191 e. The number of aromatic nitrogens is 3. The van der Waals surface area contributed by atoms with E-state index in [1.807, 2.05) is 36.9 Å². The summed E-state index contributed by atoms with van der Waals surface area (Å²) in [6.07, 6.45) is 3.94. The highest BCUT2D eigenvalue weighted by Gasteiger charge is 2.08. The molecular formula is C19H31N7. The molecule has 0 saturated heterocycles. The van der Waals surface area contributed by atoms with Crippen LogP contribution in [-0.4, -0.2) is 40.4 Å². The molecule has 2 aromatic heterocycles. The summed E-state index contributed by atoms with van der Waals surface area (Å²) in [5.74, 6) is 1.78. The summed E-state index contributed by atoms with van der Waals surface area (Å²) in [6.45, 7) is 9.49. The van der Waals surface area contributed by atoms with E-state index in [9.17, 15) is 0 Å². The first-order valence-electron chi connectivity index (χ1n) is 9.28. The van der Waals surface area contributed by atoms with Crippen molar-refractivity contribution in [2.24, 2.45) is 12.0 Å². The molecule has 26 heavy (non-hydrogen) atoms. The average molecular weight is 358 g/mol. The van der Waals surface area contributed by atoms with Gasteiger partial charge in [-0.05, 0) is 45.7 Å². The molecule has 0 aliphatic rings. The van der Waals surface area contributed by atoms with Crippen LogP contribution in [0, 0.1) is 13.8 Å². The number of nitrogens with one attached hydrogen (secondary N) is 3. The van der Waals surface area contributed by atoms with E-state index in [-0.39, 0.29) is 0 Å². The predicted octanol–water partition coefficient (Wildman–Crippen LogP) is 2.38. The van der Waals surface area contributed by atoms with Gasteiger partial charge in [-0.1, -0.05) is 6.07 Å². The van der Waals surface area contributed by atoms with Crippen LogP contribution in [0.1, 0.15) is 36.7 Å². The van der Waals surface area contributed by atoms with Crippen LogP contribution in [0.4, 0.5) is 5.82 Å². The van der Waals surface area contributed by atoms with Crippen molar-refractivity contribution in [3.05, 3.63) is 41.3 Å². The average Bonchev–Trinajstić information content (AvgIpc) is 2.88. The molecule has 7 nitrogen and oxygen atoms in total. The van der Waals surface area contributed by atoms with Crippen molar-refractivity contribution in [1.82, 2.24) is 25.4 Å². The molecule has 0 radical (unpaired) electrons. The van der Waals surface area contributed by atoms with E-state index in [2.05, 4.69) is 39.9 Å². The number of hydrogen-bond acceptors (Lipinski definition) is 4. The Kier molecular flexibility index (Phi) is 7.92. The highest BCUT2D eigenvalue weighted by atomic mass is 15.3. The predicted molar refractivity (Wildman–Crippen MR) is 107 cm³/mol. The minimum absolute atomic E-state index is 0.641. The fourth-order valence-corrected chi connectivity index (χ4v) is 2.69. The number of pyridine rings is 1. The normalized spacial score (nSPS) is 11.5. The van der Waals surface area contributed by atoms with Crippen molar-refractivity contribution in [1.29, 1.82) is 0 Å². The monoisotopic (exact) mass is 357 g/mol. The fourth-order valence-electron chi connectivity index (χ4n) is 2.69. The third-order valence-electron chi connectivity index (χ3n) is 4.27. The molecule has 0 atom stereocenters. The highest BCUT2D eigenvalue weighted by Crippen LogP contribution is 2.12. The lowest BCUT2D eigenvalue weighted by Gasteiger charge is -2.11. The van der Waals surface area contributed by atoms with Gasteiger partial charge in [-0.2, -0.15) is 5.10 Å². The zero-order valence-corrected chi connectivity index (χ0v) is 16.3. The summed E-state index contributed by atoms with van der Waals surface area (Å²) >= 11 is 0. The van der Waals surface area contributed by atoms with Gasteiger partial charge in [0.15, 0.2) is 5.96 Å². The van der Waals surface area contributed by atoms with Gasteiger partial charge in [0.2, 0.25) is 0 Å². The fraction of sp³-hybridized carbons (Fsp3) is 0.526. The van der Waals surface area contributed by atoms with Crippen molar-refractivity contribution < 1.29 is 0 Å². The summed E-state index contributed by atoms with van der Waals surface area (Å²) in [4.78, 5) is 8.96.